The summed E-state index contributed by atoms with van der Waals surface area (Å²) in [5, 5.41) is 5.69. The van der Waals surface area contributed by atoms with Crippen molar-refractivity contribution in [1.29, 1.82) is 0 Å². The standard InChI is InChI=1S/C21H22N4O3/c26-21(24-12-18-14-27-19-3-1-2-4-20(19)28-18)23-11-16-5-7-17(8-6-16)13-25-10-9-22-15-25/h1-10,15,18H,11-14H2,(H2,23,24,26)/t18-/m0/s1. The molecule has 1 aliphatic heterocycles. The molecular formula is C21H22N4O3. The molecule has 0 saturated heterocycles. The van der Waals surface area contributed by atoms with E-state index in [-0.39, 0.29) is 12.1 Å². The first-order chi connectivity index (χ1) is 13.8. The number of hydrogen-bond donors (Lipinski definition) is 2. The summed E-state index contributed by atoms with van der Waals surface area (Å²) in [7, 11) is 0. The molecule has 1 aromatic heterocycles. The zero-order valence-electron chi connectivity index (χ0n) is 15.4. The number of urea groups is 1. The SMILES string of the molecule is O=C(NCc1ccc(Cn2ccnc2)cc1)NC[C@H]1COc2ccccc2O1. The van der Waals surface area contributed by atoms with Crippen LogP contribution in [0.3, 0.4) is 0 Å². The van der Waals surface area contributed by atoms with Gasteiger partial charge in [-0.1, -0.05) is 36.4 Å². The van der Waals surface area contributed by atoms with Crippen molar-refractivity contribution in [3.8, 4) is 11.5 Å². The Hall–Kier alpha value is -3.48. The summed E-state index contributed by atoms with van der Waals surface area (Å²) in [4.78, 5) is 16.1. The fraction of sp³-hybridized carbons (Fsp3) is 0.238. The molecule has 0 unspecified atom stereocenters. The van der Waals surface area contributed by atoms with Gasteiger partial charge in [-0.2, -0.15) is 0 Å². The number of carbonyl (C=O) groups excluding carboxylic acids is 1. The van der Waals surface area contributed by atoms with Crippen molar-refractivity contribution in [3.05, 3.63) is 78.4 Å². The van der Waals surface area contributed by atoms with Gasteiger partial charge < -0.3 is 24.7 Å². The number of amides is 2. The molecule has 1 atom stereocenters. The smallest absolute Gasteiger partial charge is 0.315 e. The predicted octanol–water partition coefficient (Wildman–Crippen LogP) is 2.57. The lowest BCUT2D eigenvalue weighted by Crippen LogP contribution is -2.44. The van der Waals surface area contributed by atoms with E-state index in [4.69, 9.17) is 9.47 Å². The number of aromatic nitrogens is 2. The van der Waals surface area contributed by atoms with E-state index >= 15 is 0 Å². The highest BCUT2D eigenvalue weighted by Crippen LogP contribution is 2.30. The van der Waals surface area contributed by atoms with Gasteiger partial charge in [0.25, 0.3) is 0 Å². The highest BCUT2D eigenvalue weighted by molar-refractivity contribution is 5.73. The largest absolute Gasteiger partial charge is 0.486 e. The Bertz CT molecular complexity index is 910. The van der Waals surface area contributed by atoms with Gasteiger partial charge in [-0.05, 0) is 23.3 Å². The molecule has 2 N–H and O–H groups in total. The number of hydrogen-bond acceptors (Lipinski definition) is 4. The van der Waals surface area contributed by atoms with E-state index in [1.54, 1.807) is 12.5 Å². The first-order valence-corrected chi connectivity index (χ1v) is 9.20. The van der Waals surface area contributed by atoms with E-state index in [2.05, 4.69) is 27.8 Å². The molecule has 0 spiro atoms. The van der Waals surface area contributed by atoms with Crippen LogP contribution < -0.4 is 20.1 Å². The van der Waals surface area contributed by atoms with Crippen molar-refractivity contribution in [2.75, 3.05) is 13.2 Å². The van der Waals surface area contributed by atoms with Crippen LogP contribution in [0.2, 0.25) is 0 Å². The summed E-state index contributed by atoms with van der Waals surface area (Å²) >= 11 is 0. The molecule has 0 bridgehead atoms. The maximum absolute atomic E-state index is 12.1. The Balaban J connectivity index is 1.19. The van der Waals surface area contributed by atoms with Crippen LogP contribution in [0.4, 0.5) is 4.79 Å². The summed E-state index contributed by atoms with van der Waals surface area (Å²) in [6, 6.07) is 15.4. The van der Waals surface area contributed by atoms with E-state index in [1.807, 2.05) is 47.2 Å². The molecule has 2 heterocycles. The second kappa shape index (κ2) is 8.47. The van der Waals surface area contributed by atoms with Gasteiger partial charge in [0, 0.05) is 25.5 Å². The maximum atomic E-state index is 12.1. The van der Waals surface area contributed by atoms with Crippen LogP contribution in [0.15, 0.2) is 67.3 Å². The van der Waals surface area contributed by atoms with Gasteiger partial charge in [0.05, 0.1) is 12.9 Å². The fourth-order valence-electron chi connectivity index (χ4n) is 2.97. The molecule has 144 valence electrons. The van der Waals surface area contributed by atoms with E-state index in [0.29, 0.717) is 25.4 Å². The second-order valence-corrected chi connectivity index (χ2v) is 6.61. The molecule has 0 aliphatic carbocycles. The average molecular weight is 378 g/mol. The fourth-order valence-corrected chi connectivity index (χ4v) is 2.97. The molecule has 0 saturated carbocycles. The molecule has 28 heavy (non-hydrogen) atoms. The van der Waals surface area contributed by atoms with Crippen LogP contribution in [0.1, 0.15) is 11.1 Å². The number of ether oxygens (including phenoxy) is 2. The summed E-state index contributed by atoms with van der Waals surface area (Å²) in [5.74, 6) is 1.44. The monoisotopic (exact) mass is 378 g/mol. The third-order valence-electron chi connectivity index (χ3n) is 4.46. The van der Waals surface area contributed by atoms with Crippen molar-refractivity contribution in [3.63, 3.8) is 0 Å². The second-order valence-electron chi connectivity index (χ2n) is 6.61. The molecule has 7 nitrogen and oxygen atoms in total. The number of imidazole rings is 1. The normalized spacial score (nSPS) is 15.1. The Labute approximate surface area is 163 Å². The number of nitrogens with one attached hydrogen (secondary N) is 2. The number of carbonyl (C=O) groups is 1. The molecular weight excluding hydrogens is 356 g/mol. The Kier molecular flexibility index (Phi) is 5.42. The van der Waals surface area contributed by atoms with Gasteiger partial charge in [-0.15, -0.1) is 0 Å². The molecule has 4 rings (SSSR count). The third kappa shape index (κ3) is 4.62. The van der Waals surface area contributed by atoms with Crippen molar-refractivity contribution in [2.45, 2.75) is 19.2 Å². The summed E-state index contributed by atoms with van der Waals surface area (Å²) < 4.78 is 13.5. The Morgan fingerprint density at radius 2 is 1.86 bits per heavy atom. The Morgan fingerprint density at radius 1 is 1.07 bits per heavy atom. The molecule has 0 fully saturated rings. The lowest BCUT2D eigenvalue weighted by atomic mass is 10.1. The minimum atomic E-state index is -0.232. The number of fused-ring (bicyclic) bond motifs is 1. The molecule has 3 aromatic rings. The molecule has 7 heteroatoms. The van der Waals surface area contributed by atoms with E-state index in [1.165, 1.54) is 5.56 Å². The predicted molar refractivity (Wildman–Crippen MR) is 104 cm³/mol. The number of nitrogens with zero attached hydrogens (tertiary/aromatic N) is 2. The van der Waals surface area contributed by atoms with E-state index in [0.717, 1.165) is 17.9 Å². The van der Waals surface area contributed by atoms with Gasteiger partial charge in [0.2, 0.25) is 0 Å². The Morgan fingerprint density at radius 3 is 2.64 bits per heavy atom. The topological polar surface area (TPSA) is 77.4 Å². The van der Waals surface area contributed by atoms with Gasteiger partial charge in [0.1, 0.15) is 6.61 Å². The lowest BCUT2D eigenvalue weighted by molar-refractivity contribution is 0.0918. The van der Waals surface area contributed by atoms with Crippen molar-refractivity contribution in [2.24, 2.45) is 0 Å². The van der Waals surface area contributed by atoms with Gasteiger partial charge in [-0.3, -0.25) is 0 Å². The van der Waals surface area contributed by atoms with Crippen molar-refractivity contribution in [1.82, 2.24) is 20.2 Å². The molecule has 1 aliphatic rings. The van der Waals surface area contributed by atoms with Crippen LogP contribution in [0.5, 0.6) is 11.5 Å². The van der Waals surface area contributed by atoms with Crippen LogP contribution >= 0.6 is 0 Å². The van der Waals surface area contributed by atoms with Gasteiger partial charge in [0.15, 0.2) is 17.6 Å². The summed E-state index contributed by atoms with van der Waals surface area (Å²) in [6.45, 7) is 2.03. The number of para-hydroxylation sites is 2. The maximum Gasteiger partial charge on any atom is 0.315 e. The summed E-state index contributed by atoms with van der Waals surface area (Å²) in [5.41, 5.74) is 2.22. The average Bonchev–Trinajstić information content (AvgIpc) is 3.24. The number of rotatable bonds is 6. The highest BCUT2D eigenvalue weighted by Gasteiger charge is 2.20. The van der Waals surface area contributed by atoms with Gasteiger partial charge >= 0.3 is 6.03 Å². The van der Waals surface area contributed by atoms with E-state index in [9.17, 15) is 4.79 Å². The zero-order valence-corrected chi connectivity index (χ0v) is 15.4. The highest BCUT2D eigenvalue weighted by atomic mass is 16.6. The third-order valence-corrected chi connectivity index (χ3v) is 4.46. The zero-order chi connectivity index (χ0) is 19.2. The molecule has 2 aromatic carbocycles. The van der Waals surface area contributed by atoms with Crippen molar-refractivity contribution < 1.29 is 14.3 Å². The molecule has 0 radical (unpaired) electrons. The minimum Gasteiger partial charge on any atom is -0.486 e. The first-order valence-electron chi connectivity index (χ1n) is 9.20. The first kappa shape index (κ1) is 17.9. The lowest BCUT2D eigenvalue weighted by Gasteiger charge is -2.26. The van der Waals surface area contributed by atoms with Crippen LogP contribution in [-0.2, 0) is 13.1 Å². The van der Waals surface area contributed by atoms with Crippen LogP contribution in [-0.4, -0.2) is 34.8 Å². The van der Waals surface area contributed by atoms with Gasteiger partial charge in [-0.25, -0.2) is 9.78 Å². The quantitative estimate of drug-likeness (QED) is 0.691. The number of benzene rings is 2. The van der Waals surface area contributed by atoms with Crippen LogP contribution in [0.25, 0.3) is 0 Å². The van der Waals surface area contributed by atoms with Crippen molar-refractivity contribution >= 4 is 6.03 Å². The van der Waals surface area contributed by atoms with Crippen LogP contribution in [0, 0.1) is 0 Å². The summed E-state index contributed by atoms with van der Waals surface area (Å²) in [6.07, 6.45) is 5.28. The van der Waals surface area contributed by atoms with E-state index < -0.39 is 0 Å². The molecule has 2 amide bonds. The minimum absolute atomic E-state index is 0.205.